The first-order valence-corrected chi connectivity index (χ1v) is 8.71. The van der Waals surface area contributed by atoms with Gasteiger partial charge in [-0.3, -0.25) is 4.90 Å². The number of hydrogen-bond donors (Lipinski definition) is 0. The summed E-state index contributed by atoms with van der Waals surface area (Å²) in [6.45, 7) is 11.4. The van der Waals surface area contributed by atoms with Crippen molar-refractivity contribution in [2.75, 3.05) is 13.1 Å². The van der Waals surface area contributed by atoms with Crippen molar-refractivity contribution in [3.8, 4) is 0 Å². The van der Waals surface area contributed by atoms with Crippen LogP contribution in [0.3, 0.4) is 0 Å². The van der Waals surface area contributed by atoms with Crippen LogP contribution in [0.5, 0.6) is 0 Å². The largest absolute Gasteiger partial charge is 0.292 e. The minimum absolute atomic E-state index is 0.557. The van der Waals surface area contributed by atoms with Crippen molar-refractivity contribution in [3.05, 3.63) is 58.7 Å². The smallest absolute Gasteiger partial charge is 0.0351 e. The molecule has 0 fully saturated rings. The molecule has 0 N–H and O–H groups in total. The Labute approximate surface area is 136 Å². The third-order valence-corrected chi connectivity index (χ3v) is 4.98. The topological polar surface area (TPSA) is 3.24 Å². The van der Waals surface area contributed by atoms with Crippen LogP contribution in [0.15, 0.2) is 53.1 Å². The van der Waals surface area contributed by atoms with Gasteiger partial charge < -0.3 is 0 Å². The molecule has 0 aromatic heterocycles. The van der Waals surface area contributed by atoms with Gasteiger partial charge in [0, 0.05) is 19.1 Å². The highest BCUT2D eigenvalue weighted by Gasteiger charge is 2.25. The van der Waals surface area contributed by atoms with Gasteiger partial charge in [-0.1, -0.05) is 66.5 Å². The fourth-order valence-corrected chi connectivity index (χ4v) is 3.33. The van der Waals surface area contributed by atoms with Gasteiger partial charge in [0.25, 0.3) is 0 Å². The molecule has 1 aliphatic heterocycles. The van der Waals surface area contributed by atoms with E-state index in [4.69, 9.17) is 0 Å². The van der Waals surface area contributed by atoms with Gasteiger partial charge in [-0.25, -0.2) is 0 Å². The van der Waals surface area contributed by atoms with Crippen LogP contribution < -0.4 is 0 Å². The lowest BCUT2D eigenvalue weighted by Crippen LogP contribution is -2.42. The van der Waals surface area contributed by atoms with E-state index in [1.807, 2.05) is 0 Å². The third-order valence-electron chi connectivity index (χ3n) is 4.98. The first-order chi connectivity index (χ1) is 10.6. The Bertz CT molecular complexity index is 524. The minimum Gasteiger partial charge on any atom is -0.292 e. The number of hydrogen-bond acceptors (Lipinski definition) is 1. The van der Waals surface area contributed by atoms with E-state index in [1.54, 1.807) is 11.1 Å². The van der Waals surface area contributed by atoms with Crippen molar-refractivity contribution in [2.24, 2.45) is 0 Å². The first-order valence-electron chi connectivity index (χ1n) is 8.71. The molecule has 0 saturated heterocycles. The fourth-order valence-electron chi connectivity index (χ4n) is 3.33. The second-order valence-electron chi connectivity index (χ2n) is 6.71. The molecule has 120 valence electrons. The molecule has 0 aliphatic carbocycles. The molecule has 0 amide bonds. The van der Waals surface area contributed by atoms with Gasteiger partial charge in [-0.05, 0) is 45.6 Å². The van der Waals surface area contributed by atoms with Crippen LogP contribution in [0, 0.1) is 0 Å². The Kier molecular flexibility index (Phi) is 6.45. The molecule has 1 heteroatoms. The van der Waals surface area contributed by atoms with Gasteiger partial charge in [0.1, 0.15) is 0 Å². The predicted molar refractivity (Wildman–Crippen MR) is 97.2 cm³/mol. The van der Waals surface area contributed by atoms with Gasteiger partial charge in [0.15, 0.2) is 0 Å². The van der Waals surface area contributed by atoms with Gasteiger partial charge >= 0.3 is 0 Å². The molecule has 1 atom stereocenters. The molecular weight excluding hydrogens is 266 g/mol. The monoisotopic (exact) mass is 297 g/mol. The lowest BCUT2D eigenvalue weighted by atomic mass is 9.90. The molecule has 0 spiro atoms. The molecule has 1 aromatic carbocycles. The molecule has 1 nitrogen and oxygen atoms in total. The molecule has 22 heavy (non-hydrogen) atoms. The molecule has 1 aliphatic rings. The maximum absolute atomic E-state index is 2.66. The SMILES string of the molecule is CCCC(C)=CCN1CCC(C)=C(C)C1Cc1ccccc1. The van der Waals surface area contributed by atoms with Crippen LogP contribution in [0.2, 0.25) is 0 Å². The zero-order chi connectivity index (χ0) is 15.9. The Morgan fingerprint density at radius 3 is 2.64 bits per heavy atom. The Hall–Kier alpha value is -1.34. The molecular formula is C21H31N. The normalized spacial score (nSPS) is 20.5. The van der Waals surface area contributed by atoms with E-state index in [9.17, 15) is 0 Å². The number of nitrogens with zero attached hydrogens (tertiary/aromatic N) is 1. The summed E-state index contributed by atoms with van der Waals surface area (Å²) >= 11 is 0. The van der Waals surface area contributed by atoms with Crippen LogP contribution in [0.25, 0.3) is 0 Å². The average molecular weight is 297 g/mol. The van der Waals surface area contributed by atoms with Crippen molar-refractivity contribution >= 4 is 0 Å². The maximum Gasteiger partial charge on any atom is 0.0351 e. The second-order valence-corrected chi connectivity index (χ2v) is 6.71. The van der Waals surface area contributed by atoms with E-state index in [1.165, 1.54) is 36.9 Å². The van der Waals surface area contributed by atoms with Gasteiger partial charge in [0.2, 0.25) is 0 Å². The zero-order valence-corrected chi connectivity index (χ0v) is 14.7. The summed E-state index contributed by atoms with van der Waals surface area (Å²) < 4.78 is 0. The van der Waals surface area contributed by atoms with E-state index >= 15 is 0 Å². The Morgan fingerprint density at radius 1 is 1.23 bits per heavy atom. The highest BCUT2D eigenvalue weighted by Crippen LogP contribution is 2.26. The van der Waals surface area contributed by atoms with Crippen molar-refractivity contribution in [1.82, 2.24) is 4.90 Å². The Balaban J connectivity index is 2.12. The van der Waals surface area contributed by atoms with Crippen LogP contribution in [-0.2, 0) is 6.42 Å². The summed E-state index contributed by atoms with van der Waals surface area (Å²) in [6.07, 6.45) is 7.26. The van der Waals surface area contributed by atoms with E-state index < -0.39 is 0 Å². The number of rotatable bonds is 6. The first kappa shape index (κ1) is 17.0. The number of allylic oxidation sites excluding steroid dienone is 1. The van der Waals surface area contributed by atoms with E-state index in [-0.39, 0.29) is 0 Å². The summed E-state index contributed by atoms with van der Waals surface area (Å²) in [7, 11) is 0. The van der Waals surface area contributed by atoms with Crippen molar-refractivity contribution in [3.63, 3.8) is 0 Å². The van der Waals surface area contributed by atoms with Gasteiger partial charge in [0.05, 0.1) is 0 Å². The minimum atomic E-state index is 0.557. The maximum atomic E-state index is 2.66. The summed E-state index contributed by atoms with van der Waals surface area (Å²) in [4.78, 5) is 2.66. The predicted octanol–water partition coefficient (Wildman–Crippen LogP) is 5.39. The van der Waals surface area contributed by atoms with Crippen molar-refractivity contribution < 1.29 is 0 Å². The van der Waals surface area contributed by atoms with Crippen LogP contribution >= 0.6 is 0 Å². The molecule has 1 aromatic rings. The second kappa shape index (κ2) is 8.33. The molecule has 0 bridgehead atoms. The van der Waals surface area contributed by atoms with E-state index in [2.05, 4.69) is 69.0 Å². The van der Waals surface area contributed by atoms with Crippen LogP contribution in [0.4, 0.5) is 0 Å². The van der Waals surface area contributed by atoms with Crippen molar-refractivity contribution in [2.45, 2.75) is 59.4 Å². The number of benzene rings is 1. The lowest BCUT2D eigenvalue weighted by Gasteiger charge is -2.37. The van der Waals surface area contributed by atoms with Crippen LogP contribution in [0.1, 0.15) is 52.5 Å². The van der Waals surface area contributed by atoms with Gasteiger partial charge in [-0.2, -0.15) is 0 Å². The fraction of sp³-hybridized carbons (Fsp3) is 0.524. The summed E-state index contributed by atoms with van der Waals surface area (Å²) in [5.41, 5.74) is 6.15. The highest BCUT2D eigenvalue weighted by molar-refractivity contribution is 5.25. The van der Waals surface area contributed by atoms with Crippen molar-refractivity contribution in [1.29, 1.82) is 0 Å². The average Bonchev–Trinajstić information content (AvgIpc) is 2.52. The van der Waals surface area contributed by atoms with Gasteiger partial charge in [-0.15, -0.1) is 0 Å². The molecule has 2 rings (SSSR count). The Morgan fingerprint density at radius 2 is 1.95 bits per heavy atom. The molecule has 1 heterocycles. The summed E-state index contributed by atoms with van der Waals surface area (Å²) in [5, 5.41) is 0. The van der Waals surface area contributed by atoms with E-state index in [0.717, 1.165) is 13.0 Å². The standard InChI is InChI=1S/C21H31N/c1-5-9-17(2)12-14-22-15-13-18(3)19(4)21(22)16-20-10-7-6-8-11-20/h6-8,10-12,21H,5,9,13-16H2,1-4H3. The third kappa shape index (κ3) is 4.58. The molecule has 0 radical (unpaired) electrons. The van der Waals surface area contributed by atoms with E-state index in [0.29, 0.717) is 6.04 Å². The quantitative estimate of drug-likeness (QED) is 0.637. The lowest BCUT2D eigenvalue weighted by molar-refractivity contribution is 0.229. The summed E-state index contributed by atoms with van der Waals surface area (Å²) in [5.74, 6) is 0. The van der Waals surface area contributed by atoms with Crippen LogP contribution in [-0.4, -0.2) is 24.0 Å². The summed E-state index contributed by atoms with van der Waals surface area (Å²) in [6, 6.07) is 11.5. The molecule has 0 saturated carbocycles. The zero-order valence-electron chi connectivity index (χ0n) is 14.7. The highest BCUT2D eigenvalue weighted by atomic mass is 15.2. The molecule has 1 unspecified atom stereocenters.